The Morgan fingerprint density at radius 1 is 1.00 bits per heavy atom. The number of hydrogen-bond donors (Lipinski definition) is 1. The third-order valence-electron chi connectivity index (χ3n) is 2.25. The van der Waals surface area contributed by atoms with E-state index in [4.69, 9.17) is 0 Å². The lowest BCUT2D eigenvalue weighted by Gasteiger charge is -2.00. The van der Waals surface area contributed by atoms with Crippen molar-refractivity contribution < 1.29 is 9.71 Å². The highest BCUT2D eigenvalue weighted by Crippen LogP contribution is 2.04. The first kappa shape index (κ1) is 10.3. The normalized spacial score (nSPS) is 10.5. The zero-order valence-electron chi connectivity index (χ0n) is 8.32. The van der Waals surface area contributed by atoms with Gasteiger partial charge in [-0.05, 0) is 29.0 Å². The molecule has 15 heavy (non-hydrogen) atoms. The van der Waals surface area contributed by atoms with Crippen LogP contribution >= 0.6 is 11.3 Å². The molecule has 0 atom stereocenters. The molecule has 0 fully saturated rings. The lowest BCUT2D eigenvalue weighted by molar-refractivity contribution is -0.686. The highest BCUT2D eigenvalue weighted by molar-refractivity contribution is 7.07. The summed E-state index contributed by atoms with van der Waals surface area (Å²) in [5.74, 6) is -0.170. The largest absolute Gasteiger partial charge is 0.339 e. The second-order valence-electron chi connectivity index (χ2n) is 3.45. The van der Waals surface area contributed by atoms with Crippen LogP contribution in [0.1, 0.15) is 11.1 Å². The molecule has 1 aromatic carbocycles. The van der Waals surface area contributed by atoms with Gasteiger partial charge in [0.15, 0.2) is 0 Å². The van der Waals surface area contributed by atoms with Gasteiger partial charge in [0.05, 0.1) is 0 Å². The maximum Gasteiger partial charge on any atom is 0.123 e. The predicted molar refractivity (Wildman–Crippen MR) is 60.1 cm³/mol. The van der Waals surface area contributed by atoms with Gasteiger partial charge in [0.1, 0.15) is 18.9 Å². The summed E-state index contributed by atoms with van der Waals surface area (Å²) in [6.07, 6.45) is 0. The molecule has 2 rings (SSSR count). The van der Waals surface area contributed by atoms with Crippen LogP contribution in [0, 0.1) is 5.82 Å². The van der Waals surface area contributed by atoms with Crippen LogP contribution in [0.3, 0.4) is 0 Å². The number of nitrogens with two attached hydrogens (primary N) is 1. The lowest BCUT2D eigenvalue weighted by atomic mass is 10.2. The minimum Gasteiger partial charge on any atom is -0.339 e. The molecule has 0 spiro atoms. The number of rotatable bonds is 4. The summed E-state index contributed by atoms with van der Waals surface area (Å²) in [4.78, 5) is 0. The Labute approximate surface area is 92.6 Å². The van der Waals surface area contributed by atoms with Crippen molar-refractivity contribution in [2.75, 3.05) is 0 Å². The van der Waals surface area contributed by atoms with Gasteiger partial charge in [0.25, 0.3) is 0 Å². The van der Waals surface area contributed by atoms with E-state index in [2.05, 4.69) is 22.1 Å². The van der Waals surface area contributed by atoms with E-state index in [9.17, 15) is 4.39 Å². The average molecular weight is 222 g/mol. The first-order valence-corrected chi connectivity index (χ1v) is 5.86. The van der Waals surface area contributed by atoms with Crippen LogP contribution in [0.2, 0.25) is 0 Å². The fourth-order valence-electron chi connectivity index (χ4n) is 1.43. The highest BCUT2D eigenvalue weighted by atomic mass is 32.1. The minimum absolute atomic E-state index is 0.170. The Balaban J connectivity index is 1.81. The van der Waals surface area contributed by atoms with E-state index in [1.54, 1.807) is 11.3 Å². The van der Waals surface area contributed by atoms with E-state index < -0.39 is 0 Å². The van der Waals surface area contributed by atoms with E-state index in [1.165, 1.54) is 17.7 Å². The SMILES string of the molecule is Fc1ccc(C[NH2+]Cc2ccsc2)cc1. The molecule has 0 aliphatic rings. The molecule has 78 valence electrons. The van der Waals surface area contributed by atoms with E-state index in [1.807, 2.05) is 12.1 Å². The summed E-state index contributed by atoms with van der Waals surface area (Å²) >= 11 is 1.72. The van der Waals surface area contributed by atoms with Crippen molar-refractivity contribution in [2.45, 2.75) is 13.1 Å². The van der Waals surface area contributed by atoms with Crippen molar-refractivity contribution in [3.63, 3.8) is 0 Å². The van der Waals surface area contributed by atoms with E-state index in [0.717, 1.165) is 18.7 Å². The summed E-state index contributed by atoms with van der Waals surface area (Å²) in [5, 5.41) is 6.46. The first-order chi connectivity index (χ1) is 7.34. The predicted octanol–water partition coefficient (Wildman–Crippen LogP) is 2.15. The molecule has 0 unspecified atom stereocenters. The molecule has 1 aromatic heterocycles. The van der Waals surface area contributed by atoms with Crippen molar-refractivity contribution in [1.82, 2.24) is 0 Å². The zero-order valence-corrected chi connectivity index (χ0v) is 9.14. The zero-order chi connectivity index (χ0) is 10.5. The molecule has 1 nitrogen and oxygen atoms in total. The summed E-state index contributed by atoms with van der Waals surface area (Å²) < 4.78 is 12.6. The summed E-state index contributed by atoms with van der Waals surface area (Å²) in [6, 6.07) is 8.81. The summed E-state index contributed by atoms with van der Waals surface area (Å²) in [6.45, 7) is 1.89. The monoisotopic (exact) mass is 222 g/mol. The Kier molecular flexibility index (Phi) is 3.48. The number of quaternary nitrogens is 1. The van der Waals surface area contributed by atoms with Crippen LogP contribution in [0.25, 0.3) is 0 Å². The fraction of sp³-hybridized carbons (Fsp3) is 0.167. The molecule has 0 aliphatic carbocycles. The van der Waals surface area contributed by atoms with Crippen LogP contribution in [0.5, 0.6) is 0 Å². The van der Waals surface area contributed by atoms with Crippen LogP contribution < -0.4 is 5.32 Å². The molecule has 0 saturated heterocycles. The van der Waals surface area contributed by atoms with E-state index in [-0.39, 0.29) is 5.82 Å². The van der Waals surface area contributed by atoms with Gasteiger partial charge < -0.3 is 5.32 Å². The standard InChI is InChI=1S/C12H12FNS/c13-12-3-1-10(2-4-12)7-14-8-11-5-6-15-9-11/h1-6,9,14H,7-8H2/p+1. The maximum absolute atomic E-state index is 12.6. The van der Waals surface area contributed by atoms with E-state index in [0.29, 0.717) is 0 Å². The maximum atomic E-state index is 12.6. The molecular formula is C12H13FNS+. The minimum atomic E-state index is -0.170. The third-order valence-corrected chi connectivity index (χ3v) is 2.99. The molecule has 0 aliphatic heterocycles. The van der Waals surface area contributed by atoms with Gasteiger partial charge >= 0.3 is 0 Å². The van der Waals surface area contributed by atoms with Gasteiger partial charge in [-0.2, -0.15) is 11.3 Å². The van der Waals surface area contributed by atoms with Gasteiger partial charge in [-0.15, -0.1) is 0 Å². The topological polar surface area (TPSA) is 16.6 Å². The molecule has 2 N–H and O–H groups in total. The number of halogens is 1. The lowest BCUT2D eigenvalue weighted by Crippen LogP contribution is -2.80. The third kappa shape index (κ3) is 3.15. The van der Waals surface area contributed by atoms with Gasteiger partial charge in [-0.3, -0.25) is 0 Å². The van der Waals surface area contributed by atoms with Crippen LogP contribution in [-0.4, -0.2) is 0 Å². The average Bonchev–Trinajstić information content (AvgIpc) is 2.74. The molecule has 0 saturated carbocycles. The van der Waals surface area contributed by atoms with Crippen molar-refractivity contribution >= 4 is 11.3 Å². The molecule has 3 heteroatoms. The van der Waals surface area contributed by atoms with Crippen molar-refractivity contribution in [2.24, 2.45) is 0 Å². The Hall–Kier alpha value is -1.19. The van der Waals surface area contributed by atoms with Crippen molar-refractivity contribution in [3.8, 4) is 0 Å². The molecule has 0 amide bonds. The van der Waals surface area contributed by atoms with Crippen LogP contribution in [0.15, 0.2) is 41.1 Å². The fourth-order valence-corrected chi connectivity index (χ4v) is 2.12. The van der Waals surface area contributed by atoms with Gasteiger partial charge in [0.2, 0.25) is 0 Å². The second-order valence-corrected chi connectivity index (χ2v) is 4.24. The molecule has 2 aromatic rings. The molecule has 1 heterocycles. The van der Waals surface area contributed by atoms with Crippen molar-refractivity contribution in [3.05, 3.63) is 58.0 Å². The second kappa shape index (κ2) is 5.05. The van der Waals surface area contributed by atoms with Gasteiger partial charge in [0, 0.05) is 11.1 Å². The Bertz CT molecular complexity index is 394. The quantitative estimate of drug-likeness (QED) is 0.816. The first-order valence-electron chi connectivity index (χ1n) is 4.92. The summed E-state index contributed by atoms with van der Waals surface area (Å²) in [5.41, 5.74) is 2.51. The number of hydrogen-bond acceptors (Lipinski definition) is 1. The molecule has 0 radical (unpaired) electrons. The Morgan fingerprint density at radius 2 is 1.73 bits per heavy atom. The van der Waals surface area contributed by atoms with Crippen LogP contribution in [0.4, 0.5) is 4.39 Å². The highest BCUT2D eigenvalue weighted by Gasteiger charge is 1.98. The summed E-state index contributed by atoms with van der Waals surface area (Å²) in [7, 11) is 0. The van der Waals surface area contributed by atoms with Crippen LogP contribution in [-0.2, 0) is 13.1 Å². The smallest absolute Gasteiger partial charge is 0.123 e. The number of benzene rings is 1. The van der Waals surface area contributed by atoms with Gasteiger partial charge in [-0.25, -0.2) is 4.39 Å². The van der Waals surface area contributed by atoms with Gasteiger partial charge in [-0.1, -0.05) is 12.1 Å². The molecular weight excluding hydrogens is 209 g/mol. The Morgan fingerprint density at radius 3 is 2.40 bits per heavy atom. The van der Waals surface area contributed by atoms with Crippen molar-refractivity contribution in [1.29, 1.82) is 0 Å². The number of thiophene rings is 1. The van der Waals surface area contributed by atoms with E-state index >= 15 is 0 Å². The molecule has 0 bridgehead atoms.